The van der Waals surface area contributed by atoms with Crippen molar-refractivity contribution in [3.8, 4) is 0 Å². The molecular weight excluding hydrogens is 627 g/mol. The van der Waals surface area contributed by atoms with Gasteiger partial charge in [0.2, 0.25) is 11.8 Å². The van der Waals surface area contributed by atoms with E-state index < -0.39 is 23.7 Å². The molecule has 0 aliphatic carbocycles. The highest BCUT2D eigenvalue weighted by atomic mass is 19.1. The lowest BCUT2D eigenvalue weighted by Crippen LogP contribution is -2.38. The third-order valence-corrected chi connectivity index (χ3v) is 6.88. The van der Waals surface area contributed by atoms with Crippen LogP contribution in [0.2, 0.25) is 0 Å². The van der Waals surface area contributed by atoms with Crippen LogP contribution in [0.25, 0.3) is 0 Å². The highest BCUT2D eigenvalue weighted by Crippen LogP contribution is 2.32. The summed E-state index contributed by atoms with van der Waals surface area (Å²) in [6, 6.07) is 9.12. The average Bonchev–Trinajstić information content (AvgIpc) is 3.08. The normalized spacial score (nSPS) is 10.6. The number of hydrogen-bond donors (Lipinski definition) is 4. The van der Waals surface area contributed by atoms with Crippen LogP contribution in [0.5, 0.6) is 0 Å². The van der Waals surface area contributed by atoms with Gasteiger partial charge in [0.1, 0.15) is 12.3 Å². The summed E-state index contributed by atoms with van der Waals surface area (Å²) in [5.74, 6) is -1.70. The number of alkyl carbamates (subject to hydrolysis) is 1. The molecule has 0 fully saturated rings. The van der Waals surface area contributed by atoms with E-state index in [9.17, 15) is 23.6 Å². The lowest BCUT2D eigenvalue weighted by Gasteiger charge is -2.24. The van der Waals surface area contributed by atoms with Crippen LogP contribution in [0.15, 0.2) is 46.4 Å². The minimum Gasteiger partial charge on any atom is -0.447 e. The Labute approximate surface area is 279 Å². The Bertz CT molecular complexity index is 1360. The zero-order valence-corrected chi connectivity index (χ0v) is 27.3. The predicted octanol–water partition coefficient (Wildman–Crippen LogP) is 4.70. The summed E-state index contributed by atoms with van der Waals surface area (Å²) in [5, 5.41) is 13.9. The molecule has 48 heavy (non-hydrogen) atoms. The van der Waals surface area contributed by atoms with Crippen molar-refractivity contribution < 1.29 is 43.0 Å². The third kappa shape index (κ3) is 14.8. The summed E-state index contributed by atoms with van der Waals surface area (Å²) in [6.45, 7) is 10.4. The van der Waals surface area contributed by atoms with Crippen molar-refractivity contribution in [3.63, 3.8) is 0 Å². The van der Waals surface area contributed by atoms with Crippen LogP contribution in [0.4, 0.5) is 26.2 Å². The highest BCUT2D eigenvalue weighted by molar-refractivity contribution is 5.96. The first-order valence-corrected chi connectivity index (χ1v) is 15.7. The van der Waals surface area contributed by atoms with E-state index in [0.29, 0.717) is 49.5 Å². The average molecular weight is 673 g/mol. The van der Waals surface area contributed by atoms with Crippen LogP contribution in [0, 0.1) is 5.82 Å². The van der Waals surface area contributed by atoms with Crippen molar-refractivity contribution >= 4 is 54.3 Å². The van der Waals surface area contributed by atoms with Crippen LogP contribution >= 0.6 is 0 Å². The van der Waals surface area contributed by atoms with E-state index >= 15 is 0 Å². The second-order valence-electron chi connectivity index (χ2n) is 10.4. The Hall–Kier alpha value is -4.73. The highest BCUT2D eigenvalue weighted by Gasteiger charge is 2.19. The summed E-state index contributed by atoms with van der Waals surface area (Å²) in [4.78, 5) is 58.1. The molecule has 0 aliphatic heterocycles. The van der Waals surface area contributed by atoms with Gasteiger partial charge in [0.25, 0.3) is 5.91 Å². The van der Waals surface area contributed by atoms with E-state index in [2.05, 4.69) is 34.1 Å². The van der Waals surface area contributed by atoms with Crippen molar-refractivity contribution in [1.82, 2.24) is 15.7 Å². The predicted molar refractivity (Wildman–Crippen MR) is 179 cm³/mol. The van der Waals surface area contributed by atoms with Crippen molar-refractivity contribution in [1.29, 1.82) is 0 Å². The smallest absolute Gasteiger partial charge is 0.407 e. The van der Waals surface area contributed by atoms with Gasteiger partial charge >= 0.3 is 6.09 Å². The van der Waals surface area contributed by atoms with Gasteiger partial charge in [-0.1, -0.05) is 12.8 Å². The number of amides is 4. The Balaban J connectivity index is 1.99. The monoisotopic (exact) mass is 672 g/mol. The maximum Gasteiger partial charge on any atom is 0.407 e. The number of anilines is 1. The molecular formula is C33H45FN6O8. The number of carbonyl (C=O) groups excluding carboxylic acids is 4. The molecule has 0 saturated heterocycles. The second-order valence-corrected chi connectivity index (χ2v) is 10.4. The third-order valence-electron chi connectivity index (χ3n) is 6.88. The maximum atomic E-state index is 14.7. The Morgan fingerprint density at radius 1 is 0.896 bits per heavy atom. The van der Waals surface area contributed by atoms with Gasteiger partial charge in [-0.05, 0) is 75.2 Å². The van der Waals surface area contributed by atoms with Crippen molar-refractivity contribution in [2.45, 2.75) is 52.0 Å². The number of nitrogens with zero attached hydrogens (tertiary/aromatic N) is 3. The summed E-state index contributed by atoms with van der Waals surface area (Å²) >= 11 is 0. The molecule has 0 atom stereocenters. The van der Waals surface area contributed by atoms with Crippen LogP contribution < -0.4 is 16.1 Å². The summed E-state index contributed by atoms with van der Waals surface area (Å²) in [6.07, 6.45) is 2.59. The van der Waals surface area contributed by atoms with Gasteiger partial charge in [0.15, 0.2) is 5.82 Å². The summed E-state index contributed by atoms with van der Waals surface area (Å²) in [7, 11) is 0. The molecule has 0 radical (unpaired) electrons. The van der Waals surface area contributed by atoms with Crippen molar-refractivity contribution in [2.75, 3.05) is 51.4 Å². The largest absolute Gasteiger partial charge is 0.447 e. The number of carbonyl (C=O) groups is 4. The summed E-state index contributed by atoms with van der Waals surface area (Å²) < 4.78 is 30.3. The molecule has 0 bridgehead atoms. The topological polar surface area (TPSA) is 180 Å². The van der Waals surface area contributed by atoms with E-state index in [1.807, 2.05) is 6.92 Å². The molecule has 0 spiro atoms. The second kappa shape index (κ2) is 22.7. The van der Waals surface area contributed by atoms with Crippen molar-refractivity contribution in [2.24, 2.45) is 9.98 Å². The standard InChI is InChI=1S/C33H45FN6O8/c1-4-46-17-18-47-19-20-48-33(44)37-15-16-40(23-24-21-27(34)31(36-3)28(22-24)35-2)32(43)25-11-13-26(14-12-25)38-29(41)9-7-5-6-8-10-30(42)39-45/h11-14,21-22,45H,2-10,15-20,23H2,1H3,(H,37,44)(H,38,41)(H,39,42). The molecule has 15 heteroatoms. The van der Waals surface area contributed by atoms with E-state index in [1.54, 1.807) is 35.8 Å². The van der Waals surface area contributed by atoms with E-state index in [-0.39, 0.29) is 63.0 Å². The van der Waals surface area contributed by atoms with Gasteiger partial charge in [0, 0.05) is 50.3 Å². The quantitative estimate of drug-likeness (QED) is 0.0568. The van der Waals surface area contributed by atoms with Gasteiger partial charge < -0.3 is 29.7 Å². The maximum absolute atomic E-state index is 14.7. The van der Waals surface area contributed by atoms with Crippen LogP contribution in [-0.2, 0) is 30.3 Å². The molecule has 4 N–H and O–H groups in total. The molecule has 0 unspecified atom stereocenters. The van der Waals surface area contributed by atoms with Crippen LogP contribution in [0.3, 0.4) is 0 Å². The van der Waals surface area contributed by atoms with Crippen LogP contribution in [-0.4, -0.2) is 93.5 Å². The first-order chi connectivity index (χ1) is 23.2. The lowest BCUT2D eigenvalue weighted by molar-refractivity contribution is -0.129. The lowest BCUT2D eigenvalue weighted by atomic mass is 10.1. The summed E-state index contributed by atoms with van der Waals surface area (Å²) in [5.41, 5.74) is 2.94. The Morgan fingerprint density at radius 2 is 1.56 bits per heavy atom. The fourth-order valence-electron chi connectivity index (χ4n) is 4.46. The number of hydrogen-bond acceptors (Lipinski definition) is 10. The minimum atomic E-state index is -0.685. The molecule has 2 aromatic rings. The number of nitrogens with one attached hydrogen (secondary N) is 3. The Kier molecular flexibility index (Phi) is 18.7. The van der Waals surface area contributed by atoms with Crippen molar-refractivity contribution in [3.05, 3.63) is 53.3 Å². The molecule has 2 aromatic carbocycles. The molecule has 0 heterocycles. The molecule has 0 aliphatic rings. The van der Waals surface area contributed by atoms with Gasteiger partial charge in [-0.2, -0.15) is 0 Å². The number of rotatable bonds is 23. The number of unbranched alkanes of at least 4 members (excludes halogenated alkanes) is 3. The molecule has 262 valence electrons. The molecule has 14 nitrogen and oxygen atoms in total. The van der Waals surface area contributed by atoms with Crippen LogP contribution in [0.1, 0.15) is 61.4 Å². The Morgan fingerprint density at radius 3 is 2.21 bits per heavy atom. The SMILES string of the molecule is C=Nc1cc(CN(CCNC(=O)OCCOCCOCC)C(=O)c2ccc(NC(=O)CCCCCCC(=O)NO)cc2)cc(F)c1N=C. The van der Waals surface area contributed by atoms with Gasteiger partial charge in [0.05, 0.1) is 25.5 Å². The molecule has 0 aromatic heterocycles. The minimum absolute atomic E-state index is 0.0245. The first-order valence-electron chi connectivity index (χ1n) is 15.7. The number of ether oxygens (including phenoxy) is 3. The number of hydroxylamine groups is 1. The zero-order chi connectivity index (χ0) is 35.1. The number of aliphatic imine (C=N–C) groups is 2. The molecule has 2 rings (SSSR count). The fourth-order valence-corrected chi connectivity index (χ4v) is 4.46. The zero-order valence-electron chi connectivity index (χ0n) is 27.3. The van der Waals surface area contributed by atoms with E-state index in [0.717, 1.165) is 12.8 Å². The van der Waals surface area contributed by atoms with Gasteiger partial charge in [-0.15, -0.1) is 0 Å². The number of benzene rings is 2. The van der Waals surface area contributed by atoms with Gasteiger partial charge in [-0.25, -0.2) is 14.7 Å². The number of halogens is 1. The molecule has 0 saturated carbocycles. The molecule has 4 amide bonds. The fraction of sp³-hybridized carbons (Fsp3) is 0.455. The first kappa shape index (κ1) is 39.4. The van der Waals surface area contributed by atoms with E-state index in [4.69, 9.17) is 19.4 Å². The van der Waals surface area contributed by atoms with Gasteiger partial charge in [-0.3, -0.25) is 29.6 Å². The van der Waals surface area contributed by atoms with E-state index in [1.165, 1.54) is 11.0 Å².